The molecule has 110 valence electrons. The zero-order chi connectivity index (χ0) is 15.2. The Labute approximate surface area is 122 Å². The summed E-state index contributed by atoms with van der Waals surface area (Å²) in [6.45, 7) is 2.01. The summed E-state index contributed by atoms with van der Waals surface area (Å²) in [5.41, 5.74) is 7.71. The van der Waals surface area contributed by atoms with Crippen LogP contribution in [0.1, 0.15) is 12.0 Å². The molecule has 0 heterocycles. The molecule has 0 spiro atoms. The molecule has 0 saturated carbocycles. The van der Waals surface area contributed by atoms with Crippen molar-refractivity contribution in [2.75, 3.05) is 17.7 Å². The lowest BCUT2D eigenvalue weighted by Gasteiger charge is -2.09. The quantitative estimate of drug-likeness (QED) is 0.831. The summed E-state index contributed by atoms with van der Waals surface area (Å²) in [5, 5.41) is 2.73. The molecule has 21 heavy (non-hydrogen) atoms. The molecule has 0 bridgehead atoms. The number of nitrogen functional groups attached to an aromatic ring is 1. The maximum Gasteiger partial charge on any atom is 0.227 e. The average molecular weight is 288 g/mol. The molecule has 0 unspecified atom stereocenters. The number of nitrogens with one attached hydrogen (secondary N) is 1. The highest BCUT2D eigenvalue weighted by atomic mass is 19.1. The molecule has 0 aromatic heterocycles. The van der Waals surface area contributed by atoms with E-state index >= 15 is 0 Å². The Bertz CT molecular complexity index is 627. The molecule has 3 N–H and O–H groups in total. The fraction of sp³-hybridized carbons (Fsp3) is 0.188. The second-order valence-corrected chi connectivity index (χ2v) is 4.68. The predicted octanol–water partition coefficient (Wildman–Crippen LogP) is 3.12. The smallest absolute Gasteiger partial charge is 0.227 e. The molecular formula is C16H17FN2O2. The lowest BCUT2D eigenvalue weighted by atomic mass is 10.2. The minimum absolute atomic E-state index is 0.172. The fourth-order valence-electron chi connectivity index (χ4n) is 1.77. The highest BCUT2D eigenvalue weighted by Gasteiger charge is 2.05. The van der Waals surface area contributed by atoms with Gasteiger partial charge in [0.05, 0.1) is 13.0 Å². The van der Waals surface area contributed by atoms with Gasteiger partial charge >= 0.3 is 0 Å². The Morgan fingerprint density at radius 2 is 1.95 bits per heavy atom. The molecule has 0 saturated heterocycles. The van der Waals surface area contributed by atoms with Gasteiger partial charge in [0.2, 0.25) is 5.91 Å². The van der Waals surface area contributed by atoms with Crippen molar-refractivity contribution in [3.63, 3.8) is 0 Å². The van der Waals surface area contributed by atoms with Gasteiger partial charge in [-0.2, -0.15) is 0 Å². The van der Waals surface area contributed by atoms with E-state index in [0.717, 1.165) is 5.56 Å². The van der Waals surface area contributed by atoms with Crippen molar-refractivity contribution >= 4 is 17.3 Å². The molecule has 2 aromatic rings. The third-order valence-corrected chi connectivity index (χ3v) is 2.93. The number of halogens is 1. The van der Waals surface area contributed by atoms with Crippen LogP contribution < -0.4 is 15.8 Å². The molecule has 0 fully saturated rings. The first-order chi connectivity index (χ1) is 10.0. The average Bonchev–Trinajstić information content (AvgIpc) is 2.45. The van der Waals surface area contributed by atoms with Crippen molar-refractivity contribution in [2.24, 2.45) is 0 Å². The SMILES string of the molecule is Cc1ccc(F)cc1OCCC(=O)Nc1ccc(N)cc1. The topological polar surface area (TPSA) is 64.3 Å². The first-order valence-corrected chi connectivity index (χ1v) is 6.59. The number of anilines is 2. The molecule has 0 aliphatic heterocycles. The lowest BCUT2D eigenvalue weighted by molar-refractivity contribution is -0.116. The highest BCUT2D eigenvalue weighted by molar-refractivity contribution is 5.90. The molecule has 5 heteroatoms. The van der Waals surface area contributed by atoms with Crippen molar-refractivity contribution in [3.8, 4) is 5.75 Å². The van der Waals surface area contributed by atoms with Crippen LogP contribution in [-0.2, 0) is 4.79 Å². The minimum Gasteiger partial charge on any atom is -0.493 e. The maximum atomic E-state index is 13.1. The van der Waals surface area contributed by atoms with E-state index in [1.807, 2.05) is 6.92 Å². The summed E-state index contributed by atoms with van der Waals surface area (Å²) in [5.74, 6) is -0.0777. The molecule has 4 nitrogen and oxygen atoms in total. The molecule has 0 aliphatic carbocycles. The Morgan fingerprint density at radius 1 is 1.24 bits per heavy atom. The Hall–Kier alpha value is -2.56. The first kappa shape index (κ1) is 14.8. The maximum absolute atomic E-state index is 13.1. The van der Waals surface area contributed by atoms with Gasteiger partial charge in [-0.25, -0.2) is 4.39 Å². The second kappa shape index (κ2) is 6.74. The molecule has 0 radical (unpaired) electrons. The first-order valence-electron chi connectivity index (χ1n) is 6.59. The molecule has 0 aliphatic rings. The summed E-state index contributed by atoms with van der Waals surface area (Å²) >= 11 is 0. The van der Waals surface area contributed by atoms with Gasteiger partial charge in [0.25, 0.3) is 0 Å². The van der Waals surface area contributed by atoms with E-state index in [9.17, 15) is 9.18 Å². The Kier molecular flexibility index (Phi) is 4.77. The number of ether oxygens (including phenoxy) is 1. The van der Waals surface area contributed by atoms with E-state index in [1.165, 1.54) is 12.1 Å². The van der Waals surface area contributed by atoms with Gasteiger partial charge in [0.1, 0.15) is 11.6 Å². The van der Waals surface area contributed by atoms with Crippen molar-refractivity contribution in [1.82, 2.24) is 0 Å². The fourth-order valence-corrected chi connectivity index (χ4v) is 1.77. The van der Waals surface area contributed by atoms with Crippen LogP contribution in [0, 0.1) is 12.7 Å². The molecule has 1 amide bonds. The van der Waals surface area contributed by atoms with Crippen LogP contribution in [0.2, 0.25) is 0 Å². The van der Waals surface area contributed by atoms with Crippen LogP contribution in [0.3, 0.4) is 0 Å². The predicted molar refractivity (Wildman–Crippen MR) is 80.7 cm³/mol. The van der Waals surface area contributed by atoms with Crippen molar-refractivity contribution < 1.29 is 13.9 Å². The van der Waals surface area contributed by atoms with E-state index in [4.69, 9.17) is 10.5 Å². The van der Waals surface area contributed by atoms with Gasteiger partial charge in [-0.3, -0.25) is 4.79 Å². The molecule has 2 aromatic carbocycles. The summed E-state index contributed by atoms with van der Waals surface area (Å²) < 4.78 is 18.5. The number of hydrogen-bond donors (Lipinski definition) is 2. The van der Waals surface area contributed by atoms with Gasteiger partial charge in [0, 0.05) is 17.4 Å². The number of carbonyl (C=O) groups is 1. The standard InChI is InChI=1S/C16H17FN2O2/c1-11-2-3-12(17)10-15(11)21-9-8-16(20)19-14-6-4-13(18)5-7-14/h2-7,10H,8-9,18H2,1H3,(H,19,20). The van der Waals surface area contributed by atoms with Crippen LogP contribution >= 0.6 is 0 Å². The van der Waals surface area contributed by atoms with E-state index < -0.39 is 0 Å². The summed E-state index contributed by atoms with van der Waals surface area (Å²) in [6, 6.07) is 11.2. The largest absolute Gasteiger partial charge is 0.493 e. The number of hydrogen-bond acceptors (Lipinski definition) is 3. The number of aryl methyl sites for hydroxylation is 1. The minimum atomic E-state index is -0.359. The van der Waals surface area contributed by atoms with Gasteiger partial charge in [-0.1, -0.05) is 6.07 Å². The van der Waals surface area contributed by atoms with Gasteiger partial charge < -0.3 is 15.8 Å². The van der Waals surface area contributed by atoms with Crippen LogP contribution in [0.4, 0.5) is 15.8 Å². The van der Waals surface area contributed by atoms with Crippen LogP contribution in [0.5, 0.6) is 5.75 Å². The third kappa shape index (κ3) is 4.49. The second-order valence-electron chi connectivity index (χ2n) is 4.68. The van der Waals surface area contributed by atoms with Crippen molar-refractivity contribution in [3.05, 3.63) is 53.8 Å². The van der Waals surface area contributed by atoms with E-state index in [0.29, 0.717) is 17.1 Å². The van der Waals surface area contributed by atoms with Crippen molar-refractivity contribution in [2.45, 2.75) is 13.3 Å². The normalized spacial score (nSPS) is 10.2. The number of amides is 1. The van der Waals surface area contributed by atoms with Crippen LogP contribution in [0.25, 0.3) is 0 Å². The van der Waals surface area contributed by atoms with Crippen molar-refractivity contribution in [1.29, 1.82) is 0 Å². The molecule has 0 atom stereocenters. The van der Waals surface area contributed by atoms with E-state index in [-0.39, 0.29) is 24.8 Å². The van der Waals surface area contributed by atoms with Crippen LogP contribution in [-0.4, -0.2) is 12.5 Å². The lowest BCUT2D eigenvalue weighted by Crippen LogP contribution is -2.15. The number of benzene rings is 2. The molecular weight excluding hydrogens is 271 g/mol. The monoisotopic (exact) mass is 288 g/mol. The van der Waals surface area contributed by atoms with Gasteiger partial charge in [0.15, 0.2) is 0 Å². The summed E-state index contributed by atoms with van der Waals surface area (Å²) in [4.78, 5) is 11.7. The zero-order valence-electron chi connectivity index (χ0n) is 11.7. The summed E-state index contributed by atoms with van der Waals surface area (Å²) in [6.07, 6.45) is 0.181. The zero-order valence-corrected chi connectivity index (χ0v) is 11.7. The third-order valence-electron chi connectivity index (χ3n) is 2.93. The molecule has 2 rings (SSSR count). The van der Waals surface area contributed by atoms with Gasteiger partial charge in [-0.15, -0.1) is 0 Å². The summed E-state index contributed by atoms with van der Waals surface area (Å²) in [7, 11) is 0. The van der Waals surface area contributed by atoms with Crippen LogP contribution in [0.15, 0.2) is 42.5 Å². The van der Waals surface area contributed by atoms with E-state index in [2.05, 4.69) is 5.32 Å². The van der Waals surface area contributed by atoms with E-state index in [1.54, 1.807) is 30.3 Å². The highest BCUT2D eigenvalue weighted by Crippen LogP contribution is 2.19. The number of nitrogens with two attached hydrogens (primary N) is 1. The van der Waals surface area contributed by atoms with Gasteiger partial charge in [-0.05, 0) is 42.8 Å². The number of rotatable bonds is 5. The number of carbonyl (C=O) groups excluding carboxylic acids is 1. The Balaban J connectivity index is 1.81. The Morgan fingerprint density at radius 3 is 2.67 bits per heavy atom.